The number of aromatic nitrogens is 2. The summed E-state index contributed by atoms with van der Waals surface area (Å²) in [4.78, 5) is 23.0. The van der Waals surface area contributed by atoms with Gasteiger partial charge in [-0.15, -0.1) is 0 Å². The third-order valence-corrected chi connectivity index (χ3v) is 7.18. The molecule has 1 amide bonds. The first-order valence-electron chi connectivity index (χ1n) is 9.99. The van der Waals surface area contributed by atoms with E-state index in [4.69, 9.17) is 0 Å². The van der Waals surface area contributed by atoms with Crippen molar-refractivity contribution < 1.29 is 17.6 Å². The summed E-state index contributed by atoms with van der Waals surface area (Å²) in [5, 5.41) is 2.95. The van der Waals surface area contributed by atoms with Crippen molar-refractivity contribution in [1.82, 2.24) is 20.0 Å². The van der Waals surface area contributed by atoms with E-state index in [0.717, 1.165) is 6.07 Å². The summed E-state index contributed by atoms with van der Waals surface area (Å²) in [7, 11) is -4.17. The first kappa shape index (κ1) is 23.4. The minimum Gasteiger partial charge on any atom is -0.352 e. The zero-order valence-corrected chi connectivity index (χ0v) is 18.8. The maximum atomic E-state index is 14.0. The molecule has 1 unspecified atom stereocenters. The highest BCUT2D eigenvalue weighted by Gasteiger charge is 2.29. The minimum absolute atomic E-state index is 0.0813. The number of carbonyl (C=O) groups excluding carboxylic acids is 1. The van der Waals surface area contributed by atoms with Gasteiger partial charge in [-0.3, -0.25) is 4.79 Å². The summed E-state index contributed by atoms with van der Waals surface area (Å²) in [5.41, 5.74) is 0. The van der Waals surface area contributed by atoms with Crippen LogP contribution in [0.1, 0.15) is 19.3 Å². The van der Waals surface area contributed by atoms with Crippen molar-refractivity contribution >= 4 is 33.6 Å². The van der Waals surface area contributed by atoms with E-state index in [0.29, 0.717) is 44.1 Å². The number of nitrogens with one attached hydrogen (secondary N) is 2. The van der Waals surface area contributed by atoms with Gasteiger partial charge in [0, 0.05) is 31.5 Å². The molecule has 168 valence electrons. The summed E-state index contributed by atoms with van der Waals surface area (Å²) < 4.78 is 41.7. The molecule has 31 heavy (non-hydrogen) atoms. The number of carbonyl (C=O) groups is 1. The number of anilines is 1. The fourth-order valence-corrected chi connectivity index (χ4v) is 5.15. The van der Waals surface area contributed by atoms with E-state index in [1.807, 2.05) is 6.26 Å². The third-order valence-electron chi connectivity index (χ3n) is 5.03. The van der Waals surface area contributed by atoms with Crippen molar-refractivity contribution in [3.05, 3.63) is 48.5 Å². The van der Waals surface area contributed by atoms with Crippen molar-refractivity contribution in [3.63, 3.8) is 0 Å². The summed E-state index contributed by atoms with van der Waals surface area (Å²) in [6.07, 6.45) is 6.94. The number of piperidine rings is 1. The van der Waals surface area contributed by atoms with Gasteiger partial charge in [0.15, 0.2) is 0 Å². The Kier molecular flexibility index (Phi) is 8.22. The van der Waals surface area contributed by atoms with Crippen molar-refractivity contribution in [2.24, 2.45) is 0 Å². The van der Waals surface area contributed by atoms with Crippen molar-refractivity contribution in [2.75, 3.05) is 30.0 Å². The van der Waals surface area contributed by atoms with Crippen LogP contribution in [0.2, 0.25) is 0 Å². The molecular formula is C20H26FN5O3S2. The first-order chi connectivity index (χ1) is 14.9. The van der Waals surface area contributed by atoms with Gasteiger partial charge in [-0.2, -0.15) is 16.5 Å². The van der Waals surface area contributed by atoms with E-state index in [-0.39, 0.29) is 6.04 Å². The Morgan fingerprint density at radius 1 is 1.23 bits per heavy atom. The molecule has 2 N–H and O–H groups in total. The Bertz CT molecular complexity index is 970. The summed E-state index contributed by atoms with van der Waals surface area (Å²) >= 11 is 1.51. The zero-order chi connectivity index (χ0) is 22.3. The van der Waals surface area contributed by atoms with Crippen LogP contribution in [0, 0.1) is 5.82 Å². The third kappa shape index (κ3) is 6.37. The van der Waals surface area contributed by atoms with Gasteiger partial charge in [0.2, 0.25) is 21.9 Å². The molecule has 2 aromatic rings. The molecule has 0 aliphatic carbocycles. The fourth-order valence-electron chi connectivity index (χ4n) is 3.37. The molecule has 2 heterocycles. The lowest BCUT2D eigenvalue weighted by atomic mass is 10.0. The van der Waals surface area contributed by atoms with Gasteiger partial charge in [-0.05, 0) is 49.5 Å². The first-order valence-corrected chi connectivity index (χ1v) is 12.9. The van der Waals surface area contributed by atoms with Gasteiger partial charge < -0.3 is 10.2 Å². The maximum absolute atomic E-state index is 14.0. The van der Waals surface area contributed by atoms with Crippen LogP contribution >= 0.6 is 11.8 Å². The molecule has 1 atom stereocenters. The molecule has 1 aromatic carbocycles. The summed E-state index contributed by atoms with van der Waals surface area (Å²) in [5.74, 6) is -0.0116. The summed E-state index contributed by atoms with van der Waals surface area (Å²) in [6.45, 7) is 1.37. The van der Waals surface area contributed by atoms with Gasteiger partial charge in [0.05, 0.1) is 0 Å². The van der Waals surface area contributed by atoms with Gasteiger partial charge >= 0.3 is 0 Å². The standard InChI is InChI=1S/C20H26FN5O3S2/c1-30-14-9-17(25-31(28,29)18-6-3-2-5-16(18)21)19(27)24-15-7-12-26(13-8-15)20-22-10-4-11-23-20/h2-6,10-11,15,17,25H,7-9,12-14H2,1H3,(H,24,27). The lowest BCUT2D eigenvalue weighted by Crippen LogP contribution is -2.52. The van der Waals surface area contributed by atoms with Crippen LogP contribution in [-0.4, -0.2) is 61.5 Å². The second kappa shape index (κ2) is 10.9. The van der Waals surface area contributed by atoms with E-state index in [9.17, 15) is 17.6 Å². The van der Waals surface area contributed by atoms with Gasteiger partial charge in [0.25, 0.3) is 0 Å². The predicted octanol–water partition coefficient (Wildman–Crippen LogP) is 1.80. The molecular weight excluding hydrogens is 441 g/mol. The highest BCUT2D eigenvalue weighted by molar-refractivity contribution is 7.98. The lowest BCUT2D eigenvalue weighted by Gasteiger charge is -2.33. The van der Waals surface area contributed by atoms with E-state index in [2.05, 4.69) is 24.9 Å². The van der Waals surface area contributed by atoms with Crippen molar-refractivity contribution in [3.8, 4) is 0 Å². The Balaban J connectivity index is 1.62. The van der Waals surface area contributed by atoms with Crippen LogP contribution in [0.5, 0.6) is 0 Å². The molecule has 1 aromatic heterocycles. The van der Waals surface area contributed by atoms with Crippen molar-refractivity contribution in [2.45, 2.75) is 36.2 Å². The quantitative estimate of drug-likeness (QED) is 0.579. The number of thioether (sulfide) groups is 1. The van der Waals surface area contributed by atoms with E-state index >= 15 is 0 Å². The normalized spacial score (nSPS) is 16.1. The minimum atomic E-state index is -4.17. The van der Waals surface area contributed by atoms with Crippen LogP contribution in [0.15, 0.2) is 47.6 Å². The molecule has 0 radical (unpaired) electrons. The molecule has 0 spiro atoms. The maximum Gasteiger partial charge on any atom is 0.244 e. The van der Waals surface area contributed by atoms with Gasteiger partial charge in [-0.25, -0.2) is 22.8 Å². The Labute approximate surface area is 186 Å². The molecule has 1 fully saturated rings. The zero-order valence-electron chi connectivity index (χ0n) is 17.2. The number of sulfonamides is 1. The molecule has 1 aliphatic heterocycles. The average molecular weight is 468 g/mol. The molecule has 3 rings (SSSR count). The van der Waals surface area contributed by atoms with Crippen LogP contribution in [-0.2, 0) is 14.8 Å². The number of nitrogens with zero attached hydrogens (tertiary/aromatic N) is 3. The fraction of sp³-hybridized carbons (Fsp3) is 0.450. The number of rotatable bonds is 9. The average Bonchev–Trinajstić information content (AvgIpc) is 2.78. The van der Waals surface area contributed by atoms with Crippen LogP contribution in [0.4, 0.5) is 10.3 Å². The number of amides is 1. The van der Waals surface area contributed by atoms with Crippen LogP contribution in [0.3, 0.4) is 0 Å². The van der Waals surface area contributed by atoms with Crippen molar-refractivity contribution in [1.29, 1.82) is 0 Å². The van der Waals surface area contributed by atoms with E-state index < -0.39 is 32.7 Å². The number of hydrogen-bond acceptors (Lipinski definition) is 7. The molecule has 0 bridgehead atoms. The molecule has 11 heteroatoms. The Morgan fingerprint density at radius 3 is 2.55 bits per heavy atom. The Morgan fingerprint density at radius 2 is 1.90 bits per heavy atom. The van der Waals surface area contributed by atoms with E-state index in [1.54, 1.807) is 18.5 Å². The van der Waals surface area contributed by atoms with E-state index in [1.165, 1.54) is 30.0 Å². The number of benzene rings is 1. The molecule has 8 nitrogen and oxygen atoms in total. The number of halogens is 1. The second-order valence-electron chi connectivity index (χ2n) is 7.20. The highest BCUT2D eigenvalue weighted by Crippen LogP contribution is 2.17. The highest BCUT2D eigenvalue weighted by atomic mass is 32.2. The largest absolute Gasteiger partial charge is 0.352 e. The second-order valence-corrected chi connectivity index (χ2v) is 9.87. The Hall–Kier alpha value is -2.24. The SMILES string of the molecule is CSCCC(NS(=O)(=O)c1ccccc1F)C(=O)NC1CCN(c2ncccn2)CC1. The number of hydrogen-bond donors (Lipinski definition) is 2. The lowest BCUT2D eigenvalue weighted by molar-refractivity contribution is -0.123. The molecule has 1 aliphatic rings. The van der Waals surface area contributed by atoms with Crippen LogP contribution < -0.4 is 14.9 Å². The molecule has 1 saturated heterocycles. The van der Waals surface area contributed by atoms with Crippen LogP contribution in [0.25, 0.3) is 0 Å². The monoisotopic (exact) mass is 467 g/mol. The molecule has 0 saturated carbocycles. The predicted molar refractivity (Wildman–Crippen MR) is 119 cm³/mol. The summed E-state index contributed by atoms with van der Waals surface area (Å²) in [6, 6.07) is 5.82. The topological polar surface area (TPSA) is 104 Å². The van der Waals surface area contributed by atoms with Gasteiger partial charge in [-0.1, -0.05) is 12.1 Å². The van der Waals surface area contributed by atoms with Gasteiger partial charge in [0.1, 0.15) is 16.8 Å². The smallest absolute Gasteiger partial charge is 0.244 e.